The van der Waals surface area contributed by atoms with Gasteiger partial charge in [-0.15, -0.1) is 0 Å². The molecule has 3 aromatic rings. The van der Waals surface area contributed by atoms with Crippen LogP contribution in [-0.2, 0) is 0 Å². The van der Waals surface area contributed by atoms with Gasteiger partial charge in [0, 0.05) is 11.4 Å². The highest BCUT2D eigenvalue weighted by molar-refractivity contribution is 6.32. The number of aromatic hydroxyl groups is 2. The Morgan fingerprint density at radius 1 is 0.880 bits per heavy atom. The van der Waals surface area contributed by atoms with Crippen molar-refractivity contribution in [3.05, 3.63) is 58.5 Å². The highest BCUT2D eigenvalue weighted by Gasteiger charge is 2.10. The summed E-state index contributed by atoms with van der Waals surface area (Å²) in [6.07, 6.45) is 1.00. The highest BCUT2D eigenvalue weighted by atomic mass is 35.5. The van der Waals surface area contributed by atoms with Gasteiger partial charge < -0.3 is 20.8 Å². The molecular formula is C16H11Cl2FN4O2. The molecule has 128 valence electrons. The van der Waals surface area contributed by atoms with Gasteiger partial charge in [-0.2, -0.15) is 4.98 Å². The number of nitrogens with zero attached hydrogens (tertiary/aromatic N) is 2. The third kappa shape index (κ3) is 4.01. The standard InChI is InChI=1S/C16H11Cl2FN4O2/c17-10-5-8(1-3-13(10)24)21-15-12(19)7-20-16(23-15)22-9-2-4-14(25)11(18)6-9/h1-7,24-25H,(H2,20,21,22,23). The second-order valence-electron chi connectivity index (χ2n) is 4.97. The third-order valence-electron chi connectivity index (χ3n) is 3.16. The largest absolute Gasteiger partial charge is 0.506 e. The van der Waals surface area contributed by atoms with E-state index >= 15 is 0 Å². The molecule has 0 saturated heterocycles. The van der Waals surface area contributed by atoms with Gasteiger partial charge in [-0.05, 0) is 36.4 Å². The molecule has 0 unspecified atom stereocenters. The summed E-state index contributed by atoms with van der Waals surface area (Å²) in [7, 11) is 0. The number of halogens is 3. The minimum Gasteiger partial charge on any atom is -0.506 e. The summed E-state index contributed by atoms with van der Waals surface area (Å²) in [6, 6.07) is 8.80. The number of hydrogen-bond donors (Lipinski definition) is 4. The zero-order valence-corrected chi connectivity index (χ0v) is 14.0. The van der Waals surface area contributed by atoms with Crippen molar-refractivity contribution in [3.63, 3.8) is 0 Å². The SMILES string of the molecule is Oc1ccc(Nc2ncc(F)c(Nc3ccc(O)c(Cl)c3)n2)cc1Cl. The molecule has 0 saturated carbocycles. The van der Waals surface area contributed by atoms with Crippen LogP contribution < -0.4 is 10.6 Å². The van der Waals surface area contributed by atoms with E-state index in [9.17, 15) is 14.6 Å². The normalized spacial score (nSPS) is 10.5. The van der Waals surface area contributed by atoms with Gasteiger partial charge in [-0.25, -0.2) is 9.37 Å². The Morgan fingerprint density at radius 3 is 2.00 bits per heavy atom. The van der Waals surface area contributed by atoms with Gasteiger partial charge in [0.1, 0.15) is 11.5 Å². The van der Waals surface area contributed by atoms with E-state index in [2.05, 4.69) is 20.6 Å². The van der Waals surface area contributed by atoms with Crippen LogP contribution in [0.4, 0.5) is 27.5 Å². The molecule has 3 rings (SSSR count). The van der Waals surface area contributed by atoms with E-state index in [1.165, 1.54) is 30.3 Å². The average Bonchev–Trinajstić information content (AvgIpc) is 2.57. The van der Waals surface area contributed by atoms with E-state index in [0.717, 1.165) is 6.20 Å². The fourth-order valence-electron chi connectivity index (χ4n) is 1.95. The van der Waals surface area contributed by atoms with Crippen LogP contribution in [0.2, 0.25) is 10.0 Å². The van der Waals surface area contributed by atoms with Crippen LogP contribution in [0.25, 0.3) is 0 Å². The third-order valence-corrected chi connectivity index (χ3v) is 3.76. The van der Waals surface area contributed by atoms with Crippen molar-refractivity contribution >= 4 is 46.3 Å². The fraction of sp³-hybridized carbons (Fsp3) is 0. The summed E-state index contributed by atoms with van der Waals surface area (Å²) in [5.74, 6) is -0.765. The molecule has 0 atom stereocenters. The number of rotatable bonds is 4. The Balaban J connectivity index is 1.84. The molecule has 0 aliphatic carbocycles. The van der Waals surface area contributed by atoms with Crippen molar-refractivity contribution < 1.29 is 14.6 Å². The van der Waals surface area contributed by atoms with Gasteiger partial charge in [0.15, 0.2) is 11.6 Å². The smallest absolute Gasteiger partial charge is 0.229 e. The van der Waals surface area contributed by atoms with Crippen molar-refractivity contribution in [1.29, 1.82) is 0 Å². The molecule has 0 amide bonds. The molecular weight excluding hydrogens is 370 g/mol. The number of phenolic OH excluding ortho intramolecular Hbond substituents is 2. The summed E-state index contributed by atoms with van der Waals surface area (Å²) in [5, 5.41) is 24.7. The molecule has 0 aliphatic heterocycles. The zero-order chi connectivity index (χ0) is 18.0. The Labute approximate surface area is 151 Å². The predicted octanol–water partition coefficient (Wildman–Crippen LogP) is 4.82. The molecule has 25 heavy (non-hydrogen) atoms. The maximum Gasteiger partial charge on any atom is 0.229 e. The van der Waals surface area contributed by atoms with Crippen LogP contribution in [0.1, 0.15) is 0 Å². The average molecular weight is 381 g/mol. The highest BCUT2D eigenvalue weighted by Crippen LogP contribution is 2.29. The van der Waals surface area contributed by atoms with E-state index in [4.69, 9.17) is 23.2 Å². The molecule has 0 spiro atoms. The summed E-state index contributed by atoms with van der Waals surface area (Å²) in [6.45, 7) is 0. The number of hydrogen-bond acceptors (Lipinski definition) is 6. The Bertz CT molecular complexity index is 940. The lowest BCUT2D eigenvalue weighted by molar-refractivity contribution is 0.475. The monoisotopic (exact) mass is 380 g/mol. The molecule has 0 fully saturated rings. The van der Waals surface area contributed by atoms with Crippen LogP contribution in [0.3, 0.4) is 0 Å². The second kappa shape index (κ2) is 7.00. The lowest BCUT2D eigenvalue weighted by Crippen LogP contribution is -2.03. The number of anilines is 4. The summed E-state index contributed by atoms with van der Waals surface area (Å²) >= 11 is 11.7. The molecule has 1 aromatic heterocycles. The Morgan fingerprint density at radius 2 is 1.44 bits per heavy atom. The van der Waals surface area contributed by atoms with Crippen LogP contribution in [0, 0.1) is 5.82 Å². The zero-order valence-electron chi connectivity index (χ0n) is 12.5. The van der Waals surface area contributed by atoms with E-state index in [1.54, 1.807) is 6.07 Å². The van der Waals surface area contributed by atoms with E-state index in [0.29, 0.717) is 11.4 Å². The van der Waals surface area contributed by atoms with E-state index in [-0.39, 0.29) is 33.3 Å². The molecule has 4 N–H and O–H groups in total. The number of benzene rings is 2. The summed E-state index contributed by atoms with van der Waals surface area (Å²) in [4.78, 5) is 7.90. The molecule has 0 aliphatic rings. The minimum absolute atomic E-state index is 0.0567. The number of aromatic nitrogens is 2. The Hall–Kier alpha value is -2.77. The van der Waals surface area contributed by atoms with Crippen molar-refractivity contribution in [3.8, 4) is 11.5 Å². The summed E-state index contributed by atoms with van der Waals surface area (Å²) < 4.78 is 13.9. The van der Waals surface area contributed by atoms with E-state index in [1.807, 2.05) is 0 Å². The summed E-state index contributed by atoms with van der Waals surface area (Å²) in [5.41, 5.74) is 0.965. The van der Waals surface area contributed by atoms with E-state index < -0.39 is 5.82 Å². The maximum atomic E-state index is 13.9. The van der Waals surface area contributed by atoms with Gasteiger partial charge in [0.2, 0.25) is 5.95 Å². The van der Waals surface area contributed by atoms with Gasteiger partial charge in [0.25, 0.3) is 0 Å². The first-order valence-corrected chi connectivity index (χ1v) is 7.71. The lowest BCUT2D eigenvalue weighted by atomic mass is 10.3. The lowest BCUT2D eigenvalue weighted by Gasteiger charge is -2.10. The van der Waals surface area contributed by atoms with Crippen LogP contribution >= 0.6 is 23.2 Å². The molecule has 2 aromatic carbocycles. The van der Waals surface area contributed by atoms with Crippen molar-refractivity contribution in [2.24, 2.45) is 0 Å². The molecule has 6 nitrogen and oxygen atoms in total. The topological polar surface area (TPSA) is 90.3 Å². The van der Waals surface area contributed by atoms with Crippen molar-refractivity contribution in [2.75, 3.05) is 10.6 Å². The molecule has 0 radical (unpaired) electrons. The molecule has 9 heteroatoms. The van der Waals surface area contributed by atoms with Crippen molar-refractivity contribution in [2.45, 2.75) is 0 Å². The van der Waals surface area contributed by atoms with Crippen LogP contribution in [0.15, 0.2) is 42.6 Å². The molecule has 1 heterocycles. The second-order valence-corrected chi connectivity index (χ2v) is 5.79. The van der Waals surface area contributed by atoms with Crippen LogP contribution in [-0.4, -0.2) is 20.2 Å². The van der Waals surface area contributed by atoms with Crippen molar-refractivity contribution in [1.82, 2.24) is 9.97 Å². The Kier molecular flexibility index (Phi) is 4.78. The quantitative estimate of drug-likeness (QED) is 0.485. The fourth-order valence-corrected chi connectivity index (χ4v) is 2.31. The van der Waals surface area contributed by atoms with Crippen LogP contribution in [0.5, 0.6) is 11.5 Å². The minimum atomic E-state index is -0.668. The number of nitrogens with one attached hydrogen (secondary N) is 2. The number of phenols is 2. The first-order chi connectivity index (χ1) is 11.9. The maximum absolute atomic E-state index is 13.9. The van der Waals surface area contributed by atoms with Gasteiger partial charge in [-0.3, -0.25) is 0 Å². The van der Waals surface area contributed by atoms with Gasteiger partial charge >= 0.3 is 0 Å². The first kappa shape index (κ1) is 17.1. The molecule has 0 bridgehead atoms. The van der Waals surface area contributed by atoms with Gasteiger partial charge in [0.05, 0.1) is 16.2 Å². The predicted molar refractivity (Wildman–Crippen MR) is 94.8 cm³/mol. The first-order valence-electron chi connectivity index (χ1n) is 6.96. The van der Waals surface area contributed by atoms with Gasteiger partial charge in [-0.1, -0.05) is 23.2 Å².